The van der Waals surface area contributed by atoms with E-state index in [9.17, 15) is 0 Å². The molecule has 0 aromatic carbocycles. The van der Waals surface area contributed by atoms with Crippen molar-refractivity contribution in [2.24, 2.45) is 0 Å². The zero-order valence-electron chi connectivity index (χ0n) is 16.3. The summed E-state index contributed by atoms with van der Waals surface area (Å²) in [6.07, 6.45) is 18.6. The van der Waals surface area contributed by atoms with Crippen molar-refractivity contribution in [1.29, 1.82) is 0 Å². The predicted octanol–water partition coefficient (Wildman–Crippen LogP) is 7.03. The third-order valence-electron chi connectivity index (χ3n) is 4.16. The molecule has 0 fully saturated rings. The molecular formula is C20H43AsO2. The Morgan fingerprint density at radius 2 is 0.870 bits per heavy atom. The van der Waals surface area contributed by atoms with Crippen LogP contribution in [0.25, 0.3) is 0 Å². The fourth-order valence-corrected chi connectivity index (χ4v) is 5.85. The number of hydrogen-bond acceptors (Lipinski definition) is 2. The van der Waals surface area contributed by atoms with Crippen LogP contribution in [0.1, 0.15) is 111 Å². The first-order valence-electron chi connectivity index (χ1n) is 10.4. The molecule has 0 amide bonds. The second kappa shape index (κ2) is 20.5. The Labute approximate surface area is 152 Å². The monoisotopic (exact) mass is 390 g/mol. The summed E-state index contributed by atoms with van der Waals surface area (Å²) >= 11 is -1.45. The van der Waals surface area contributed by atoms with Crippen molar-refractivity contribution in [3.05, 3.63) is 0 Å². The molecule has 140 valence electrons. The van der Waals surface area contributed by atoms with E-state index in [1.165, 1.54) is 95.1 Å². The summed E-state index contributed by atoms with van der Waals surface area (Å²) in [5, 5.41) is 1.20. The standard InChI is InChI=1S/C20H43AsO2/c1-4-7-10-12-14-16-19-22-21(18-9-6-3)23-20-17-15-13-11-8-5-2/h4-20H2,1-3H3. The number of unbranched alkanes of at least 4 members (excludes halogenated alkanes) is 11. The van der Waals surface area contributed by atoms with Crippen LogP contribution in [0.2, 0.25) is 5.21 Å². The summed E-state index contributed by atoms with van der Waals surface area (Å²) < 4.78 is 12.2. The van der Waals surface area contributed by atoms with Gasteiger partial charge in [-0.05, 0) is 0 Å². The van der Waals surface area contributed by atoms with Gasteiger partial charge in [-0.15, -0.1) is 0 Å². The first kappa shape index (κ1) is 23.5. The molecule has 0 unspecified atom stereocenters. The van der Waals surface area contributed by atoms with Crippen LogP contribution < -0.4 is 0 Å². The summed E-state index contributed by atoms with van der Waals surface area (Å²) in [7, 11) is 0. The molecule has 0 aromatic heterocycles. The SMILES string of the molecule is CCCCCCCCO[As](CCCC)OCCCCCCCC. The molecule has 0 spiro atoms. The van der Waals surface area contributed by atoms with Crippen molar-refractivity contribution in [3.8, 4) is 0 Å². The molecule has 2 nitrogen and oxygen atoms in total. The van der Waals surface area contributed by atoms with Gasteiger partial charge in [0.25, 0.3) is 0 Å². The minimum absolute atomic E-state index is 0.937. The molecule has 0 saturated heterocycles. The van der Waals surface area contributed by atoms with Gasteiger partial charge in [-0.25, -0.2) is 0 Å². The molecule has 23 heavy (non-hydrogen) atoms. The van der Waals surface area contributed by atoms with Crippen molar-refractivity contribution in [2.45, 2.75) is 116 Å². The summed E-state index contributed by atoms with van der Waals surface area (Å²) in [5.74, 6) is 0. The Balaban J connectivity index is 3.56. The molecule has 0 aromatic rings. The fourth-order valence-electron chi connectivity index (χ4n) is 2.55. The van der Waals surface area contributed by atoms with E-state index in [4.69, 9.17) is 7.45 Å². The van der Waals surface area contributed by atoms with E-state index >= 15 is 0 Å². The van der Waals surface area contributed by atoms with Crippen molar-refractivity contribution in [1.82, 2.24) is 0 Å². The Hall–Kier alpha value is 0.478. The first-order valence-corrected chi connectivity index (χ1v) is 13.2. The van der Waals surface area contributed by atoms with Crippen molar-refractivity contribution < 1.29 is 7.45 Å². The Morgan fingerprint density at radius 1 is 0.478 bits per heavy atom. The van der Waals surface area contributed by atoms with E-state index in [-0.39, 0.29) is 0 Å². The van der Waals surface area contributed by atoms with Gasteiger partial charge >= 0.3 is 152 Å². The van der Waals surface area contributed by atoms with E-state index in [0.717, 1.165) is 13.2 Å². The summed E-state index contributed by atoms with van der Waals surface area (Å²) in [6.45, 7) is 8.68. The first-order chi connectivity index (χ1) is 11.3. The third-order valence-corrected chi connectivity index (χ3v) is 7.56. The molecule has 0 bridgehead atoms. The van der Waals surface area contributed by atoms with Crippen molar-refractivity contribution >= 4 is 15.3 Å². The average Bonchev–Trinajstić information content (AvgIpc) is 2.57. The van der Waals surface area contributed by atoms with Gasteiger partial charge in [-0.2, -0.15) is 0 Å². The molecule has 0 heterocycles. The molecule has 0 radical (unpaired) electrons. The molecule has 0 aliphatic heterocycles. The van der Waals surface area contributed by atoms with Gasteiger partial charge in [-0.1, -0.05) is 0 Å². The van der Waals surface area contributed by atoms with Gasteiger partial charge in [0.1, 0.15) is 0 Å². The molecule has 3 heteroatoms. The Kier molecular flexibility index (Phi) is 20.9. The molecular weight excluding hydrogens is 347 g/mol. The van der Waals surface area contributed by atoms with Crippen LogP contribution in [0, 0.1) is 0 Å². The van der Waals surface area contributed by atoms with Gasteiger partial charge < -0.3 is 0 Å². The maximum atomic E-state index is 6.12. The fraction of sp³-hybridized carbons (Fsp3) is 1.00. The Morgan fingerprint density at radius 3 is 1.30 bits per heavy atom. The summed E-state index contributed by atoms with van der Waals surface area (Å²) in [5.41, 5.74) is 0. The van der Waals surface area contributed by atoms with Crippen LogP contribution in [0.4, 0.5) is 0 Å². The second-order valence-electron chi connectivity index (χ2n) is 6.61. The third kappa shape index (κ3) is 18.7. The van der Waals surface area contributed by atoms with Crippen LogP contribution in [0.3, 0.4) is 0 Å². The van der Waals surface area contributed by atoms with E-state index < -0.39 is 15.3 Å². The quantitative estimate of drug-likeness (QED) is 0.174. The molecule has 0 N–H and O–H groups in total. The average molecular weight is 390 g/mol. The van der Waals surface area contributed by atoms with Gasteiger partial charge in [0.15, 0.2) is 0 Å². The van der Waals surface area contributed by atoms with Crippen molar-refractivity contribution in [2.75, 3.05) is 13.2 Å². The van der Waals surface area contributed by atoms with E-state index in [1.54, 1.807) is 0 Å². The summed E-state index contributed by atoms with van der Waals surface area (Å²) in [6, 6.07) is 0. The van der Waals surface area contributed by atoms with Crippen LogP contribution in [-0.2, 0) is 7.45 Å². The summed E-state index contributed by atoms with van der Waals surface area (Å²) in [4.78, 5) is 0. The van der Waals surface area contributed by atoms with Gasteiger partial charge in [-0.3, -0.25) is 0 Å². The van der Waals surface area contributed by atoms with Gasteiger partial charge in [0.05, 0.1) is 0 Å². The van der Waals surface area contributed by atoms with E-state index in [0.29, 0.717) is 0 Å². The van der Waals surface area contributed by atoms with Crippen LogP contribution in [0.15, 0.2) is 0 Å². The van der Waals surface area contributed by atoms with Crippen LogP contribution >= 0.6 is 0 Å². The van der Waals surface area contributed by atoms with Crippen LogP contribution in [-0.4, -0.2) is 28.5 Å². The van der Waals surface area contributed by atoms with Crippen LogP contribution in [0.5, 0.6) is 0 Å². The molecule has 0 aliphatic carbocycles. The number of rotatable bonds is 19. The number of hydrogen-bond donors (Lipinski definition) is 0. The zero-order chi connectivity index (χ0) is 17.0. The minimum atomic E-state index is -1.45. The predicted molar refractivity (Wildman–Crippen MR) is 104 cm³/mol. The van der Waals surface area contributed by atoms with E-state index in [1.807, 2.05) is 0 Å². The molecule has 0 saturated carbocycles. The van der Waals surface area contributed by atoms with E-state index in [2.05, 4.69) is 20.8 Å². The Bertz CT molecular complexity index is 194. The maximum absolute atomic E-state index is 6.12. The van der Waals surface area contributed by atoms with Gasteiger partial charge in [0, 0.05) is 0 Å². The molecule has 0 aliphatic rings. The van der Waals surface area contributed by atoms with Crippen molar-refractivity contribution in [3.63, 3.8) is 0 Å². The van der Waals surface area contributed by atoms with Gasteiger partial charge in [0.2, 0.25) is 0 Å². The molecule has 0 rings (SSSR count). The zero-order valence-corrected chi connectivity index (χ0v) is 18.2. The normalized spacial score (nSPS) is 11.5. The molecule has 0 atom stereocenters. The topological polar surface area (TPSA) is 18.5 Å². The second-order valence-corrected chi connectivity index (χ2v) is 10.0.